The molecule has 0 bridgehead atoms. The number of sulfone groups is 1. The summed E-state index contributed by atoms with van der Waals surface area (Å²) in [6, 6.07) is 5.92. The van der Waals surface area contributed by atoms with Crippen LogP contribution in [0.2, 0.25) is 0 Å². The van der Waals surface area contributed by atoms with E-state index < -0.39 is 9.84 Å². The van der Waals surface area contributed by atoms with Crippen LogP contribution < -0.4 is 10.6 Å². The van der Waals surface area contributed by atoms with Crippen LogP contribution in [0.3, 0.4) is 0 Å². The van der Waals surface area contributed by atoms with Crippen LogP contribution in [0.4, 0.5) is 0 Å². The molecule has 0 saturated heterocycles. The molecular weight excluding hydrogens is 336 g/mol. The molecule has 0 amide bonds. The maximum atomic E-state index is 11.7. The molecule has 0 aliphatic heterocycles. The molecule has 0 aromatic heterocycles. The molecule has 0 unspecified atom stereocenters. The lowest BCUT2D eigenvalue weighted by atomic mass is 10.1. The third kappa shape index (κ3) is 7.04. The number of benzene rings is 1. The standard InChI is InChI=1S/C18H32N4O2S/c1-7-22(14(2)3)11-10-20-18(19-5)21-13-16-8-9-17(15(4)12-16)25(6,23)24/h8-9,12,14H,7,10-11,13H2,1-6H3,(H2,19,20,21). The molecule has 25 heavy (non-hydrogen) atoms. The Kier molecular flexibility index (Phi) is 8.38. The van der Waals surface area contributed by atoms with Gasteiger partial charge in [0.1, 0.15) is 0 Å². The lowest BCUT2D eigenvalue weighted by Crippen LogP contribution is -2.42. The fraction of sp³-hybridized carbons (Fsp3) is 0.611. The molecule has 142 valence electrons. The predicted octanol–water partition coefficient (Wildman–Crippen LogP) is 1.79. The largest absolute Gasteiger partial charge is 0.355 e. The number of nitrogens with zero attached hydrogens (tertiary/aromatic N) is 2. The number of hydrogen-bond acceptors (Lipinski definition) is 4. The van der Waals surface area contributed by atoms with Gasteiger partial charge in [-0.2, -0.15) is 0 Å². The van der Waals surface area contributed by atoms with Crippen molar-refractivity contribution in [1.82, 2.24) is 15.5 Å². The van der Waals surface area contributed by atoms with Gasteiger partial charge in [0, 0.05) is 39.0 Å². The lowest BCUT2D eigenvalue weighted by molar-refractivity contribution is 0.237. The Bertz CT molecular complexity index is 684. The molecule has 0 saturated carbocycles. The summed E-state index contributed by atoms with van der Waals surface area (Å²) in [6.45, 7) is 11.8. The predicted molar refractivity (Wildman–Crippen MR) is 105 cm³/mol. The molecule has 0 aliphatic carbocycles. The Morgan fingerprint density at radius 1 is 1.28 bits per heavy atom. The molecule has 1 aromatic rings. The summed E-state index contributed by atoms with van der Waals surface area (Å²) >= 11 is 0. The van der Waals surface area contributed by atoms with Crippen LogP contribution in [0.5, 0.6) is 0 Å². The Morgan fingerprint density at radius 2 is 1.96 bits per heavy atom. The molecule has 0 fully saturated rings. The molecule has 7 heteroatoms. The monoisotopic (exact) mass is 368 g/mol. The first-order valence-corrected chi connectivity index (χ1v) is 10.6. The third-order valence-corrected chi connectivity index (χ3v) is 5.41. The average molecular weight is 369 g/mol. The van der Waals surface area contributed by atoms with Crippen LogP contribution in [-0.4, -0.2) is 58.3 Å². The van der Waals surface area contributed by atoms with Crippen molar-refractivity contribution in [2.24, 2.45) is 4.99 Å². The molecule has 1 rings (SSSR count). The van der Waals surface area contributed by atoms with Crippen LogP contribution in [0.15, 0.2) is 28.1 Å². The van der Waals surface area contributed by atoms with Gasteiger partial charge in [0.2, 0.25) is 0 Å². The van der Waals surface area contributed by atoms with Crippen molar-refractivity contribution in [1.29, 1.82) is 0 Å². The van der Waals surface area contributed by atoms with E-state index in [1.807, 2.05) is 19.1 Å². The highest BCUT2D eigenvalue weighted by molar-refractivity contribution is 7.90. The number of rotatable bonds is 8. The number of hydrogen-bond donors (Lipinski definition) is 2. The zero-order valence-corrected chi connectivity index (χ0v) is 17.1. The maximum absolute atomic E-state index is 11.7. The van der Waals surface area contributed by atoms with E-state index in [1.165, 1.54) is 6.26 Å². The van der Waals surface area contributed by atoms with Gasteiger partial charge in [-0.15, -0.1) is 0 Å². The summed E-state index contributed by atoms with van der Waals surface area (Å²) in [4.78, 5) is 6.99. The summed E-state index contributed by atoms with van der Waals surface area (Å²) in [7, 11) is -1.43. The fourth-order valence-electron chi connectivity index (χ4n) is 2.74. The zero-order valence-electron chi connectivity index (χ0n) is 16.3. The topological polar surface area (TPSA) is 73.8 Å². The van der Waals surface area contributed by atoms with Crippen molar-refractivity contribution in [3.8, 4) is 0 Å². The Morgan fingerprint density at radius 3 is 2.44 bits per heavy atom. The van der Waals surface area contributed by atoms with E-state index in [4.69, 9.17) is 0 Å². The number of likely N-dealkylation sites (N-methyl/N-ethyl adjacent to an activating group) is 1. The second-order valence-corrected chi connectivity index (χ2v) is 8.43. The van der Waals surface area contributed by atoms with Gasteiger partial charge in [-0.1, -0.05) is 19.1 Å². The Labute approximate surface area is 152 Å². The second kappa shape index (κ2) is 9.77. The summed E-state index contributed by atoms with van der Waals surface area (Å²) in [5.74, 6) is 0.740. The van der Waals surface area contributed by atoms with Gasteiger partial charge in [-0.3, -0.25) is 9.89 Å². The van der Waals surface area contributed by atoms with Crippen LogP contribution in [-0.2, 0) is 16.4 Å². The van der Waals surface area contributed by atoms with E-state index in [-0.39, 0.29) is 0 Å². The summed E-state index contributed by atoms with van der Waals surface area (Å²) in [5, 5.41) is 6.57. The first-order chi connectivity index (χ1) is 11.7. The molecule has 2 N–H and O–H groups in total. The van der Waals surface area contributed by atoms with Crippen molar-refractivity contribution in [3.05, 3.63) is 29.3 Å². The normalized spacial score (nSPS) is 12.7. The molecule has 0 radical (unpaired) electrons. The third-order valence-electron chi connectivity index (χ3n) is 4.15. The first kappa shape index (κ1) is 21.4. The van der Waals surface area contributed by atoms with Gasteiger partial charge in [-0.05, 0) is 44.5 Å². The van der Waals surface area contributed by atoms with E-state index >= 15 is 0 Å². The van der Waals surface area contributed by atoms with Crippen molar-refractivity contribution >= 4 is 15.8 Å². The van der Waals surface area contributed by atoms with E-state index in [0.717, 1.165) is 36.7 Å². The van der Waals surface area contributed by atoms with Crippen LogP contribution in [0, 0.1) is 6.92 Å². The molecule has 0 atom stereocenters. The maximum Gasteiger partial charge on any atom is 0.191 e. The van der Waals surface area contributed by atoms with E-state index in [0.29, 0.717) is 17.5 Å². The summed E-state index contributed by atoms with van der Waals surface area (Å²) in [5.41, 5.74) is 1.78. The summed E-state index contributed by atoms with van der Waals surface area (Å²) in [6.07, 6.45) is 1.23. The van der Waals surface area contributed by atoms with Crippen molar-refractivity contribution in [3.63, 3.8) is 0 Å². The minimum atomic E-state index is -3.18. The van der Waals surface area contributed by atoms with Gasteiger partial charge in [0.25, 0.3) is 0 Å². The van der Waals surface area contributed by atoms with Crippen LogP contribution >= 0.6 is 0 Å². The van der Waals surface area contributed by atoms with Crippen LogP contribution in [0.1, 0.15) is 31.9 Å². The zero-order chi connectivity index (χ0) is 19.0. The van der Waals surface area contributed by atoms with Crippen molar-refractivity contribution < 1.29 is 8.42 Å². The summed E-state index contributed by atoms with van der Waals surface area (Å²) < 4.78 is 23.3. The van der Waals surface area contributed by atoms with Gasteiger partial charge in [-0.25, -0.2) is 8.42 Å². The van der Waals surface area contributed by atoms with Gasteiger partial charge < -0.3 is 10.6 Å². The Balaban J connectivity index is 2.57. The van der Waals surface area contributed by atoms with E-state index in [9.17, 15) is 8.42 Å². The number of nitrogens with one attached hydrogen (secondary N) is 2. The average Bonchev–Trinajstić information content (AvgIpc) is 2.52. The van der Waals surface area contributed by atoms with Crippen molar-refractivity contribution in [2.45, 2.75) is 45.2 Å². The number of guanidine groups is 1. The minimum Gasteiger partial charge on any atom is -0.355 e. The number of aryl methyl sites for hydroxylation is 1. The first-order valence-electron chi connectivity index (χ1n) is 8.67. The van der Waals surface area contributed by atoms with Gasteiger partial charge in [0.05, 0.1) is 4.90 Å². The molecule has 1 aromatic carbocycles. The highest BCUT2D eigenvalue weighted by atomic mass is 32.2. The second-order valence-electron chi connectivity index (χ2n) is 6.45. The SMILES string of the molecule is CCN(CCNC(=NC)NCc1ccc(S(C)(=O)=O)c(C)c1)C(C)C. The van der Waals surface area contributed by atoms with Gasteiger partial charge >= 0.3 is 0 Å². The highest BCUT2D eigenvalue weighted by Gasteiger charge is 2.11. The smallest absolute Gasteiger partial charge is 0.191 e. The lowest BCUT2D eigenvalue weighted by Gasteiger charge is -2.25. The fourth-order valence-corrected chi connectivity index (χ4v) is 3.70. The molecule has 6 nitrogen and oxygen atoms in total. The van der Waals surface area contributed by atoms with Gasteiger partial charge in [0.15, 0.2) is 15.8 Å². The molecule has 0 heterocycles. The highest BCUT2D eigenvalue weighted by Crippen LogP contribution is 2.16. The van der Waals surface area contributed by atoms with E-state index in [1.54, 1.807) is 13.1 Å². The van der Waals surface area contributed by atoms with Crippen molar-refractivity contribution in [2.75, 3.05) is 32.9 Å². The van der Waals surface area contributed by atoms with E-state index in [2.05, 4.69) is 41.3 Å². The molecule has 0 aliphatic rings. The molecular formula is C18H32N4O2S. The Hall–Kier alpha value is -1.60. The quantitative estimate of drug-likeness (QED) is 0.541. The number of aliphatic imine (C=N–C) groups is 1. The molecule has 0 spiro atoms. The minimum absolute atomic E-state index is 0.382. The van der Waals surface area contributed by atoms with Crippen LogP contribution in [0.25, 0.3) is 0 Å².